The van der Waals surface area contributed by atoms with Crippen LogP contribution in [0.25, 0.3) is 0 Å². The lowest BCUT2D eigenvalue weighted by molar-refractivity contribution is -0.114. The minimum absolute atomic E-state index is 0.211. The number of hydrogen-bond donors (Lipinski definition) is 1. The second-order valence-electron chi connectivity index (χ2n) is 5.72. The van der Waals surface area contributed by atoms with Gasteiger partial charge < -0.3 is 5.32 Å². The maximum atomic E-state index is 12.3. The average Bonchev–Trinajstić information content (AvgIpc) is 2.50. The Balaban J connectivity index is 2.23. The Hall–Kier alpha value is -1.76. The minimum atomic E-state index is -3.68. The fraction of sp³-hybridized carbons (Fsp3) is 0.235. The van der Waals surface area contributed by atoms with E-state index in [9.17, 15) is 13.2 Å². The molecule has 0 radical (unpaired) electrons. The molecule has 8 heteroatoms. The van der Waals surface area contributed by atoms with Crippen LogP contribution in [0.1, 0.15) is 11.1 Å². The van der Waals surface area contributed by atoms with Crippen molar-refractivity contribution in [2.45, 2.75) is 13.8 Å². The predicted molar refractivity (Wildman–Crippen MR) is 103 cm³/mol. The summed E-state index contributed by atoms with van der Waals surface area (Å²) in [6.07, 6.45) is 1.03. The number of aryl methyl sites for hydroxylation is 2. The molecule has 0 heterocycles. The maximum absolute atomic E-state index is 12.3. The van der Waals surface area contributed by atoms with E-state index < -0.39 is 15.9 Å². The van der Waals surface area contributed by atoms with Crippen LogP contribution in [-0.2, 0) is 14.8 Å². The first-order valence-corrected chi connectivity index (χ1v) is 9.98. The molecule has 0 saturated heterocycles. The highest BCUT2D eigenvalue weighted by molar-refractivity contribution is 7.92. The van der Waals surface area contributed by atoms with Gasteiger partial charge in [-0.3, -0.25) is 9.10 Å². The van der Waals surface area contributed by atoms with Crippen molar-refractivity contribution in [3.63, 3.8) is 0 Å². The summed E-state index contributed by atoms with van der Waals surface area (Å²) in [5, 5.41) is 3.22. The Morgan fingerprint density at radius 2 is 1.72 bits per heavy atom. The lowest BCUT2D eigenvalue weighted by atomic mass is 10.1. The summed E-state index contributed by atoms with van der Waals surface area (Å²) in [6, 6.07) is 9.88. The van der Waals surface area contributed by atoms with E-state index >= 15 is 0 Å². The first-order valence-electron chi connectivity index (χ1n) is 7.38. The third-order valence-corrected chi connectivity index (χ3v) is 5.55. The van der Waals surface area contributed by atoms with Crippen LogP contribution in [0, 0.1) is 13.8 Å². The number of carbonyl (C=O) groups is 1. The van der Waals surface area contributed by atoms with Gasteiger partial charge in [-0.1, -0.05) is 29.3 Å². The average molecular weight is 401 g/mol. The van der Waals surface area contributed by atoms with Crippen LogP contribution >= 0.6 is 23.2 Å². The van der Waals surface area contributed by atoms with Crippen LogP contribution in [-0.4, -0.2) is 27.1 Å². The molecule has 0 bridgehead atoms. The molecule has 0 aromatic heterocycles. The summed E-state index contributed by atoms with van der Waals surface area (Å²) in [5.41, 5.74) is 3.01. The topological polar surface area (TPSA) is 66.5 Å². The summed E-state index contributed by atoms with van der Waals surface area (Å²) in [7, 11) is -3.68. The number of hydrogen-bond acceptors (Lipinski definition) is 3. The molecular formula is C17H18Cl2N2O3S. The lowest BCUT2D eigenvalue weighted by Gasteiger charge is -2.22. The zero-order chi connectivity index (χ0) is 18.8. The molecule has 0 atom stereocenters. The second-order valence-corrected chi connectivity index (χ2v) is 8.44. The Bertz CT molecular complexity index is 914. The molecule has 0 saturated carbocycles. The standard InChI is InChI=1S/C17H18Cl2N2O3S/c1-11-4-5-13(8-12(11)2)20-17(22)10-21(25(3,23)24)14-6-7-15(18)16(19)9-14/h4-9H,10H2,1-3H3,(H,20,22). The summed E-state index contributed by atoms with van der Waals surface area (Å²) >= 11 is 11.8. The lowest BCUT2D eigenvalue weighted by Crippen LogP contribution is -2.37. The number of amides is 1. The molecule has 0 aliphatic carbocycles. The Morgan fingerprint density at radius 3 is 2.28 bits per heavy atom. The smallest absolute Gasteiger partial charge is 0.245 e. The van der Waals surface area contributed by atoms with E-state index in [1.54, 1.807) is 6.07 Å². The van der Waals surface area contributed by atoms with Gasteiger partial charge in [0.05, 0.1) is 22.0 Å². The Morgan fingerprint density at radius 1 is 1.04 bits per heavy atom. The van der Waals surface area contributed by atoms with Gasteiger partial charge in [0.2, 0.25) is 15.9 Å². The molecule has 0 spiro atoms. The largest absolute Gasteiger partial charge is 0.325 e. The van der Waals surface area contributed by atoms with E-state index in [2.05, 4.69) is 5.32 Å². The summed E-state index contributed by atoms with van der Waals surface area (Å²) < 4.78 is 25.1. The molecule has 5 nitrogen and oxygen atoms in total. The molecule has 0 aliphatic rings. The number of rotatable bonds is 5. The van der Waals surface area contributed by atoms with Gasteiger partial charge in [-0.2, -0.15) is 0 Å². The highest BCUT2D eigenvalue weighted by Gasteiger charge is 2.21. The first-order chi connectivity index (χ1) is 11.6. The molecule has 25 heavy (non-hydrogen) atoms. The predicted octanol–water partition coefficient (Wildman–Crippen LogP) is 4.01. The zero-order valence-corrected chi connectivity index (χ0v) is 16.3. The molecule has 2 aromatic carbocycles. The van der Waals surface area contributed by atoms with E-state index in [1.807, 2.05) is 26.0 Å². The monoisotopic (exact) mass is 400 g/mol. The van der Waals surface area contributed by atoms with Crippen molar-refractivity contribution in [2.75, 3.05) is 22.4 Å². The van der Waals surface area contributed by atoms with E-state index in [0.717, 1.165) is 21.7 Å². The summed E-state index contributed by atoms with van der Waals surface area (Å²) in [6.45, 7) is 3.53. The van der Waals surface area contributed by atoms with Gasteiger partial charge in [-0.05, 0) is 55.3 Å². The summed E-state index contributed by atoms with van der Waals surface area (Å²) in [5.74, 6) is -0.459. The number of sulfonamides is 1. The van der Waals surface area contributed by atoms with Crippen molar-refractivity contribution < 1.29 is 13.2 Å². The van der Waals surface area contributed by atoms with E-state index in [4.69, 9.17) is 23.2 Å². The van der Waals surface area contributed by atoms with Crippen molar-refractivity contribution in [3.05, 3.63) is 57.6 Å². The van der Waals surface area contributed by atoms with Gasteiger partial charge in [0, 0.05) is 5.69 Å². The van der Waals surface area contributed by atoms with Crippen LogP contribution in [0.15, 0.2) is 36.4 Å². The van der Waals surface area contributed by atoms with Crippen LogP contribution in [0.3, 0.4) is 0 Å². The fourth-order valence-electron chi connectivity index (χ4n) is 2.19. The molecule has 1 amide bonds. The van der Waals surface area contributed by atoms with E-state index in [-0.39, 0.29) is 17.3 Å². The molecule has 0 unspecified atom stereocenters. The molecule has 0 fully saturated rings. The fourth-order valence-corrected chi connectivity index (χ4v) is 3.33. The molecule has 2 aromatic rings. The van der Waals surface area contributed by atoms with Crippen molar-refractivity contribution in [1.82, 2.24) is 0 Å². The van der Waals surface area contributed by atoms with Crippen molar-refractivity contribution in [1.29, 1.82) is 0 Å². The SMILES string of the molecule is Cc1ccc(NC(=O)CN(c2ccc(Cl)c(Cl)c2)S(C)(=O)=O)cc1C. The van der Waals surface area contributed by atoms with Crippen LogP contribution in [0.5, 0.6) is 0 Å². The van der Waals surface area contributed by atoms with E-state index in [0.29, 0.717) is 10.7 Å². The molecular weight excluding hydrogens is 383 g/mol. The molecule has 1 N–H and O–H groups in total. The number of halogens is 2. The molecule has 0 aliphatic heterocycles. The van der Waals surface area contributed by atoms with Gasteiger partial charge in [0.15, 0.2) is 0 Å². The van der Waals surface area contributed by atoms with Crippen molar-refractivity contribution in [2.24, 2.45) is 0 Å². The highest BCUT2D eigenvalue weighted by Crippen LogP contribution is 2.28. The highest BCUT2D eigenvalue weighted by atomic mass is 35.5. The number of benzene rings is 2. The Kier molecular flexibility index (Phi) is 5.98. The van der Waals surface area contributed by atoms with Crippen LogP contribution in [0.4, 0.5) is 11.4 Å². The zero-order valence-electron chi connectivity index (χ0n) is 14.0. The van der Waals surface area contributed by atoms with Gasteiger partial charge >= 0.3 is 0 Å². The van der Waals surface area contributed by atoms with Crippen LogP contribution < -0.4 is 9.62 Å². The molecule has 2 rings (SSSR count). The van der Waals surface area contributed by atoms with E-state index in [1.165, 1.54) is 18.2 Å². The number of nitrogens with zero attached hydrogens (tertiary/aromatic N) is 1. The number of carbonyl (C=O) groups excluding carboxylic acids is 1. The third-order valence-electron chi connectivity index (χ3n) is 3.67. The first kappa shape index (κ1) is 19.6. The van der Waals surface area contributed by atoms with Gasteiger partial charge in [-0.15, -0.1) is 0 Å². The van der Waals surface area contributed by atoms with Gasteiger partial charge in [0.25, 0.3) is 0 Å². The second kappa shape index (κ2) is 7.64. The Labute approximate surface area is 157 Å². The number of nitrogens with one attached hydrogen (secondary N) is 1. The van der Waals surface area contributed by atoms with Crippen molar-refractivity contribution >= 4 is 50.5 Å². The van der Waals surface area contributed by atoms with Gasteiger partial charge in [-0.25, -0.2) is 8.42 Å². The number of anilines is 2. The molecule has 134 valence electrons. The quantitative estimate of drug-likeness (QED) is 0.823. The van der Waals surface area contributed by atoms with Gasteiger partial charge in [0.1, 0.15) is 6.54 Å². The van der Waals surface area contributed by atoms with Crippen molar-refractivity contribution in [3.8, 4) is 0 Å². The third kappa shape index (κ3) is 5.11. The summed E-state index contributed by atoms with van der Waals surface area (Å²) in [4.78, 5) is 12.3. The maximum Gasteiger partial charge on any atom is 0.245 e. The van der Waals surface area contributed by atoms with Crippen LogP contribution in [0.2, 0.25) is 10.0 Å². The minimum Gasteiger partial charge on any atom is -0.325 e. The normalized spacial score (nSPS) is 11.2.